The summed E-state index contributed by atoms with van der Waals surface area (Å²) in [5, 5.41) is 2.61. The van der Waals surface area contributed by atoms with Gasteiger partial charge in [0.25, 0.3) is 5.91 Å². The van der Waals surface area contributed by atoms with Crippen molar-refractivity contribution in [1.82, 2.24) is 10.2 Å². The van der Waals surface area contributed by atoms with Crippen LogP contribution in [0.2, 0.25) is 0 Å². The maximum Gasteiger partial charge on any atom is 0.256 e. The molecule has 1 fully saturated rings. The molecule has 1 aromatic carbocycles. The first-order chi connectivity index (χ1) is 9.39. The summed E-state index contributed by atoms with van der Waals surface area (Å²) in [6, 6.07) is 4.62. The van der Waals surface area contributed by atoms with E-state index in [1.165, 1.54) is 11.0 Å². The zero-order valence-electron chi connectivity index (χ0n) is 11.4. The van der Waals surface area contributed by atoms with Crippen LogP contribution in [0.4, 0.5) is 4.39 Å². The first kappa shape index (κ1) is 15.0. The van der Waals surface area contributed by atoms with E-state index in [9.17, 15) is 14.0 Å². The minimum absolute atomic E-state index is 0.0283. The molecule has 0 aromatic heterocycles. The van der Waals surface area contributed by atoms with Crippen molar-refractivity contribution >= 4 is 27.7 Å². The van der Waals surface area contributed by atoms with Crippen LogP contribution in [0.5, 0.6) is 0 Å². The van der Waals surface area contributed by atoms with Crippen LogP contribution in [-0.2, 0) is 4.79 Å². The largest absolute Gasteiger partial charge is 0.359 e. The van der Waals surface area contributed by atoms with Crippen molar-refractivity contribution in [3.05, 3.63) is 34.1 Å². The van der Waals surface area contributed by atoms with Gasteiger partial charge in [0.2, 0.25) is 5.91 Å². The fourth-order valence-electron chi connectivity index (χ4n) is 2.46. The molecule has 108 valence electrons. The Bertz CT molecular complexity index is 564. The highest BCUT2D eigenvalue weighted by Crippen LogP contribution is 2.31. The van der Waals surface area contributed by atoms with Crippen molar-refractivity contribution in [1.29, 1.82) is 0 Å². The lowest BCUT2D eigenvalue weighted by molar-refractivity contribution is -0.128. The van der Waals surface area contributed by atoms with E-state index >= 15 is 0 Å². The molecule has 1 N–H and O–H groups in total. The average Bonchev–Trinajstić information content (AvgIpc) is 2.84. The van der Waals surface area contributed by atoms with Crippen molar-refractivity contribution in [2.24, 2.45) is 5.41 Å². The minimum Gasteiger partial charge on any atom is -0.359 e. The molecule has 4 nitrogen and oxygen atoms in total. The van der Waals surface area contributed by atoms with Crippen LogP contribution in [0.1, 0.15) is 23.7 Å². The number of carbonyl (C=O) groups is 2. The molecule has 0 aliphatic carbocycles. The number of benzene rings is 1. The highest BCUT2D eigenvalue weighted by Gasteiger charge is 2.42. The van der Waals surface area contributed by atoms with Gasteiger partial charge < -0.3 is 10.2 Å². The Kier molecular flexibility index (Phi) is 4.13. The van der Waals surface area contributed by atoms with Crippen molar-refractivity contribution < 1.29 is 14.0 Å². The third kappa shape index (κ3) is 2.57. The normalized spacial score (nSPS) is 21.9. The molecule has 0 bridgehead atoms. The molecular formula is C14H16BrFN2O2. The summed E-state index contributed by atoms with van der Waals surface area (Å²) < 4.78 is 14.2. The number of rotatable bonds is 2. The number of halogens is 2. The van der Waals surface area contributed by atoms with Crippen molar-refractivity contribution in [3.63, 3.8) is 0 Å². The van der Waals surface area contributed by atoms with Crippen LogP contribution < -0.4 is 5.32 Å². The highest BCUT2D eigenvalue weighted by atomic mass is 79.9. The fraction of sp³-hybridized carbons (Fsp3) is 0.429. The van der Waals surface area contributed by atoms with Gasteiger partial charge in [0, 0.05) is 20.1 Å². The highest BCUT2D eigenvalue weighted by molar-refractivity contribution is 9.10. The Labute approximate surface area is 125 Å². The number of carbonyl (C=O) groups excluding carboxylic acids is 2. The summed E-state index contributed by atoms with van der Waals surface area (Å²) >= 11 is 3.07. The molecule has 1 unspecified atom stereocenters. The molecule has 1 aliphatic heterocycles. The van der Waals surface area contributed by atoms with Crippen LogP contribution in [0.15, 0.2) is 22.7 Å². The maximum absolute atomic E-state index is 13.9. The molecule has 1 saturated heterocycles. The van der Waals surface area contributed by atoms with Crippen molar-refractivity contribution in [3.8, 4) is 0 Å². The Morgan fingerprint density at radius 2 is 2.15 bits per heavy atom. The zero-order valence-corrected chi connectivity index (χ0v) is 13.0. The van der Waals surface area contributed by atoms with Crippen molar-refractivity contribution in [2.75, 3.05) is 20.1 Å². The molecule has 1 aliphatic rings. The molecule has 2 rings (SSSR count). The number of nitrogens with zero attached hydrogens (tertiary/aromatic N) is 1. The summed E-state index contributed by atoms with van der Waals surface area (Å²) in [5.41, 5.74) is -0.576. The SMILES string of the molecule is CNC(=O)C1(C)CCN(C(=O)c2cccc(Br)c2F)C1. The van der Waals surface area contributed by atoms with E-state index < -0.39 is 11.2 Å². The van der Waals surface area contributed by atoms with E-state index in [1.54, 1.807) is 19.2 Å². The van der Waals surface area contributed by atoms with E-state index in [-0.39, 0.29) is 21.9 Å². The van der Waals surface area contributed by atoms with Gasteiger partial charge in [-0.1, -0.05) is 6.07 Å². The molecular weight excluding hydrogens is 327 g/mol. The van der Waals surface area contributed by atoms with Crippen LogP contribution in [0.3, 0.4) is 0 Å². The minimum atomic E-state index is -0.604. The van der Waals surface area contributed by atoms with Gasteiger partial charge in [0.1, 0.15) is 5.82 Å². The quantitative estimate of drug-likeness (QED) is 0.895. The van der Waals surface area contributed by atoms with E-state index in [2.05, 4.69) is 21.2 Å². The number of likely N-dealkylation sites (tertiary alicyclic amines) is 1. The van der Waals surface area contributed by atoms with Gasteiger partial charge in [-0.15, -0.1) is 0 Å². The molecule has 0 radical (unpaired) electrons. The lowest BCUT2D eigenvalue weighted by Crippen LogP contribution is -2.40. The molecule has 0 saturated carbocycles. The molecule has 0 spiro atoms. The smallest absolute Gasteiger partial charge is 0.256 e. The van der Waals surface area contributed by atoms with Gasteiger partial charge in [0.05, 0.1) is 15.5 Å². The first-order valence-electron chi connectivity index (χ1n) is 6.34. The van der Waals surface area contributed by atoms with Crippen LogP contribution >= 0.6 is 15.9 Å². The van der Waals surface area contributed by atoms with E-state index in [0.29, 0.717) is 19.5 Å². The van der Waals surface area contributed by atoms with Crippen molar-refractivity contribution in [2.45, 2.75) is 13.3 Å². The van der Waals surface area contributed by atoms with Gasteiger partial charge in [-0.05, 0) is 41.4 Å². The van der Waals surface area contributed by atoms with Gasteiger partial charge in [-0.3, -0.25) is 9.59 Å². The third-order valence-electron chi connectivity index (χ3n) is 3.72. The summed E-state index contributed by atoms with van der Waals surface area (Å²) in [5.74, 6) is -1.04. The number of hydrogen-bond donors (Lipinski definition) is 1. The summed E-state index contributed by atoms with van der Waals surface area (Å²) in [7, 11) is 1.58. The summed E-state index contributed by atoms with van der Waals surface area (Å²) in [6.07, 6.45) is 0.577. The fourth-order valence-corrected chi connectivity index (χ4v) is 2.83. The Hall–Kier alpha value is -1.43. The van der Waals surface area contributed by atoms with E-state index in [0.717, 1.165) is 0 Å². The predicted octanol–water partition coefficient (Wildman–Crippen LogP) is 2.19. The Morgan fingerprint density at radius 1 is 1.45 bits per heavy atom. The standard InChI is InChI=1S/C14H16BrFN2O2/c1-14(13(20)17-2)6-7-18(8-14)12(19)9-4-3-5-10(15)11(9)16/h3-5H,6-8H2,1-2H3,(H,17,20). The molecule has 1 aromatic rings. The first-order valence-corrected chi connectivity index (χ1v) is 7.14. The molecule has 1 heterocycles. The zero-order chi connectivity index (χ0) is 14.9. The second-order valence-corrected chi connectivity index (χ2v) is 6.07. The molecule has 6 heteroatoms. The Morgan fingerprint density at radius 3 is 2.80 bits per heavy atom. The average molecular weight is 343 g/mol. The number of amides is 2. The van der Waals surface area contributed by atoms with Gasteiger partial charge in [0.15, 0.2) is 0 Å². The lowest BCUT2D eigenvalue weighted by Gasteiger charge is -2.23. The molecule has 20 heavy (non-hydrogen) atoms. The second-order valence-electron chi connectivity index (χ2n) is 5.22. The number of nitrogens with one attached hydrogen (secondary N) is 1. The monoisotopic (exact) mass is 342 g/mol. The Balaban J connectivity index is 2.20. The third-order valence-corrected chi connectivity index (χ3v) is 4.33. The van der Waals surface area contributed by atoms with Gasteiger partial charge in [-0.2, -0.15) is 0 Å². The summed E-state index contributed by atoms with van der Waals surface area (Å²) in [4.78, 5) is 25.7. The van der Waals surface area contributed by atoms with Crippen LogP contribution in [-0.4, -0.2) is 36.9 Å². The molecule has 2 amide bonds. The topological polar surface area (TPSA) is 49.4 Å². The lowest BCUT2D eigenvalue weighted by atomic mass is 9.89. The maximum atomic E-state index is 13.9. The second kappa shape index (κ2) is 5.52. The van der Waals surface area contributed by atoms with E-state index in [1.807, 2.05) is 6.92 Å². The van der Waals surface area contributed by atoms with Gasteiger partial charge >= 0.3 is 0 Å². The van der Waals surface area contributed by atoms with E-state index in [4.69, 9.17) is 0 Å². The summed E-state index contributed by atoms with van der Waals surface area (Å²) in [6.45, 7) is 2.57. The van der Waals surface area contributed by atoms with Gasteiger partial charge in [-0.25, -0.2) is 4.39 Å². The molecule has 1 atom stereocenters. The van der Waals surface area contributed by atoms with Crippen LogP contribution in [0, 0.1) is 11.2 Å². The number of hydrogen-bond acceptors (Lipinski definition) is 2. The predicted molar refractivity (Wildman–Crippen MR) is 76.8 cm³/mol. The van der Waals surface area contributed by atoms with Crippen LogP contribution in [0.25, 0.3) is 0 Å².